The van der Waals surface area contributed by atoms with Crippen LogP contribution in [0.5, 0.6) is 5.75 Å². The van der Waals surface area contributed by atoms with Gasteiger partial charge in [-0.05, 0) is 79.4 Å². The summed E-state index contributed by atoms with van der Waals surface area (Å²) in [5.41, 5.74) is 2.55. The molecule has 0 saturated carbocycles. The Morgan fingerprint density at radius 1 is 0.778 bits per heavy atom. The number of benzene rings is 4. The quantitative estimate of drug-likeness (QED) is 0.141. The van der Waals surface area contributed by atoms with Gasteiger partial charge in [0, 0.05) is 17.8 Å². The maximum absolute atomic E-state index is 14.0. The van der Waals surface area contributed by atoms with Crippen molar-refractivity contribution >= 4 is 17.6 Å². The summed E-state index contributed by atoms with van der Waals surface area (Å²) in [5.74, 6) is -0.492. The smallest absolute Gasteiger partial charge is 0.416 e. The molecule has 0 radical (unpaired) electrons. The van der Waals surface area contributed by atoms with Crippen LogP contribution in [0.25, 0.3) is 11.1 Å². The molecule has 0 spiro atoms. The second-order valence-corrected chi connectivity index (χ2v) is 10.3. The molecule has 0 saturated heterocycles. The third kappa shape index (κ3) is 8.88. The number of para-hydroxylation sites is 1. The number of carbonyl (C=O) groups is 2. The molecular formula is C36H36F3NO5. The summed E-state index contributed by atoms with van der Waals surface area (Å²) in [4.78, 5) is 27.3. The third-order valence-electron chi connectivity index (χ3n) is 7.18. The normalized spacial score (nSPS) is 11.9. The molecule has 0 bridgehead atoms. The van der Waals surface area contributed by atoms with E-state index in [2.05, 4.69) is 0 Å². The predicted octanol–water partition coefficient (Wildman–Crippen LogP) is 8.02. The molecule has 6 nitrogen and oxygen atoms in total. The number of rotatable bonds is 13. The fourth-order valence-corrected chi connectivity index (χ4v) is 4.95. The van der Waals surface area contributed by atoms with Crippen LogP contribution < -0.4 is 9.64 Å². The number of carbonyl (C=O) groups excluding carboxylic acids is 2. The molecular weight excluding hydrogens is 583 g/mol. The summed E-state index contributed by atoms with van der Waals surface area (Å²) >= 11 is 0. The van der Waals surface area contributed by atoms with Crippen molar-refractivity contribution < 1.29 is 37.0 Å². The fourth-order valence-electron chi connectivity index (χ4n) is 4.95. The van der Waals surface area contributed by atoms with Crippen LogP contribution in [0.15, 0.2) is 97.1 Å². The minimum atomic E-state index is -4.60. The summed E-state index contributed by atoms with van der Waals surface area (Å²) in [6, 6.07) is 26.1. The molecule has 0 N–H and O–H groups in total. The Morgan fingerprint density at radius 2 is 1.47 bits per heavy atom. The van der Waals surface area contributed by atoms with Crippen molar-refractivity contribution in [3.63, 3.8) is 0 Å². The van der Waals surface area contributed by atoms with Gasteiger partial charge in [-0.1, -0.05) is 60.7 Å². The minimum Gasteiger partial charge on any atom is -0.493 e. The lowest BCUT2D eigenvalue weighted by Crippen LogP contribution is -2.40. The maximum atomic E-state index is 14.0. The number of alkyl halides is 3. The zero-order valence-electron chi connectivity index (χ0n) is 25.5. The maximum Gasteiger partial charge on any atom is 0.416 e. The molecule has 0 aliphatic carbocycles. The average Bonchev–Trinajstić information content (AvgIpc) is 3.03. The Morgan fingerprint density at radius 3 is 2.11 bits per heavy atom. The molecule has 0 fully saturated rings. The van der Waals surface area contributed by atoms with Gasteiger partial charge < -0.3 is 19.1 Å². The molecule has 1 unspecified atom stereocenters. The van der Waals surface area contributed by atoms with Gasteiger partial charge in [0.1, 0.15) is 18.4 Å². The van der Waals surface area contributed by atoms with Crippen molar-refractivity contribution in [2.75, 3.05) is 18.1 Å². The van der Waals surface area contributed by atoms with Crippen molar-refractivity contribution in [2.24, 2.45) is 0 Å². The molecule has 236 valence electrons. The third-order valence-corrected chi connectivity index (χ3v) is 7.18. The van der Waals surface area contributed by atoms with Crippen LogP contribution >= 0.6 is 0 Å². The van der Waals surface area contributed by atoms with Crippen LogP contribution in [0.1, 0.15) is 43.0 Å². The molecule has 0 aliphatic rings. The first-order valence-corrected chi connectivity index (χ1v) is 14.7. The van der Waals surface area contributed by atoms with Crippen LogP contribution in [0.2, 0.25) is 0 Å². The molecule has 4 rings (SSSR count). The number of ether oxygens (including phenoxy) is 3. The monoisotopic (exact) mass is 619 g/mol. The van der Waals surface area contributed by atoms with Crippen LogP contribution in [0.3, 0.4) is 0 Å². The molecule has 0 aliphatic heterocycles. The minimum absolute atomic E-state index is 0.0103. The lowest BCUT2D eigenvalue weighted by atomic mass is 9.93. The number of hydrogen-bond acceptors (Lipinski definition) is 6. The highest BCUT2D eigenvalue weighted by molar-refractivity contribution is 5.81. The number of nitrogens with zero attached hydrogens (tertiary/aromatic N) is 1. The SMILES string of the molecule is CCOC(=O)Cc1ccc(OCC)c(-c2ccc(C(F)(F)F)cc2CN(c2ccccc2)C(C)C(=O)OCc2ccccc2)c1. The van der Waals surface area contributed by atoms with E-state index < -0.39 is 29.7 Å². The van der Waals surface area contributed by atoms with Gasteiger partial charge in [-0.15, -0.1) is 0 Å². The summed E-state index contributed by atoms with van der Waals surface area (Å²) in [7, 11) is 0. The van der Waals surface area contributed by atoms with Crippen LogP contribution in [0.4, 0.5) is 18.9 Å². The molecule has 0 heterocycles. The molecule has 0 amide bonds. The van der Waals surface area contributed by atoms with E-state index in [9.17, 15) is 22.8 Å². The zero-order valence-corrected chi connectivity index (χ0v) is 25.5. The standard InChI is InChI=1S/C36H36F3NO5/c1-4-43-33-19-16-27(21-34(41)44-5-2)20-32(33)31-18-17-29(36(37,38)39)22-28(31)23-40(30-14-10-7-11-15-30)25(3)35(42)45-24-26-12-8-6-9-13-26/h6-20,22,25H,4-5,21,23-24H2,1-3H3. The first-order chi connectivity index (χ1) is 21.6. The molecule has 0 aromatic heterocycles. The van der Waals surface area contributed by atoms with Gasteiger partial charge in [-0.3, -0.25) is 4.79 Å². The van der Waals surface area contributed by atoms with Crippen molar-refractivity contribution in [1.82, 2.24) is 0 Å². The van der Waals surface area contributed by atoms with Gasteiger partial charge in [-0.2, -0.15) is 13.2 Å². The summed E-state index contributed by atoms with van der Waals surface area (Å²) in [6.45, 7) is 5.74. The highest BCUT2D eigenvalue weighted by Crippen LogP contribution is 2.39. The Hall–Kier alpha value is -4.79. The van der Waals surface area contributed by atoms with E-state index in [1.54, 1.807) is 61.2 Å². The molecule has 4 aromatic rings. The Bertz CT molecular complexity index is 1580. The van der Waals surface area contributed by atoms with E-state index in [-0.39, 0.29) is 26.2 Å². The van der Waals surface area contributed by atoms with E-state index in [1.807, 2.05) is 43.3 Å². The fraction of sp³-hybridized carbons (Fsp3) is 0.278. The summed E-state index contributed by atoms with van der Waals surface area (Å²) in [5, 5.41) is 0. The van der Waals surface area contributed by atoms with Gasteiger partial charge in [0.25, 0.3) is 0 Å². The Kier molecular flexibility index (Phi) is 11.2. The van der Waals surface area contributed by atoms with Crippen molar-refractivity contribution in [3.8, 4) is 16.9 Å². The summed E-state index contributed by atoms with van der Waals surface area (Å²) < 4.78 is 58.7. The van der Waals surface area contributed by atoms with Crippen molar-refractivity contribution in [2.45, 2.75) is 52.6 Å². The largest absolute Gasteiger partial charge is 0.493 e. The first-order valence-electron chi connectivity index (χ1n) is 14.7. The summed E-state index contributed by atoms with van der Waals surface area (Å²) in [6.07, 6.45) is -4.61. The van der Waals surface area contributed by atoms with Crippen LogP contribution in [0, 0.1) is 0 Å². The van der Waals surface area contributed by atoms with Gasteiger partial charge in [0.15, 0.2) is 0 Å². The molecule has 1 atom stereocenters. The van der Waals surface area contributed by atoms with Gasteiger partial charge in [0.2, 0.25) is 0 Å². The predicted molar refractivity (Wildman–Crippen MR) is 167 cm³/mol. The van der Waals surface area contributed by atoms with Crippen molar-refractivity contribution in [3.05, 3.63) is 119 Å². The second kappa shape index (κ2) is 15.3. The van der Waals surface area contributed by atoms with Crippen LogP contribution in [-0.4, -0.2) is 31.2 Å². The number of esters is 2. The van der Waals surface area contributed by atoms with Gasteiger partial charge in [-0.25, -0.2) is 4.79 Å². The first kappa shape index (κ1) is 33.1. The zero-order chi connectivity index (χ0) is 32.4. The van der Waals surface area contributed by atoms with Gasteiger partial charge >= 0.3 is 18.1 Å². The Balaban J connectivity index is 1.78. The highest BCUT2D eigenvalue weighted by atomic mass is 19.4. The van der Waals surface area contributed by atoms with E-state index in [1.165, 1.54) is 6.07 Å². The van der Waals surface area contributed by atoms with E-state index in [4.69, 9.17) is 14.2 Å². The molecule has 4 aromatic carbocycles. The molecule has 45 heavy (non-hydrogen) atoms. The molecule has 9 heteroatoms. The number of hydrogen-bond donors (Lipinski definition) is 0. The lowest BCUT2D eigenvalue weighted by Gasteiger charge is -2.31. The van der Waals surface area contributed by atoms with Gasteiger partial charge in [0.05, 0.1) is 25.2 Å². The van der Waals surface area contributed by atoms with E-state index >= 15 is 0 Å². The van der Waals surface area contributed by atoms with E-state index in [0.717, 1.165) is 17.7 Å². The van der Waals surface area contributed by atoms with E-state index in [0.29, 0.717) is 40.3 Å². The van der Waals surface area contributed by atoms with Crippen LogP contribution in [-0.2, 0) is 44.8 Å². The lowest BCUT2D eigenvalue weighted by molar-refractivity contribution is -0.146. The number of anilines is 1. The second-order valence-electron chi connectivity index (χ2n) is 10.3. The number of halogens is 3. The average molecular weight is 620 g/mol. The highest BCUT2D eigenvalue weighted by Gasteiger charge is 2.32. The Labute approximate surface area is 261 Å². The topological polar surface area (TPSA) is 65.1 Å². The van der Waals surface area contributed by atoms with Crippen molar-refractivity contribution in [1.29, 1.82) is 0 Å².